The van der Waals surface area contributed by atoms with Gasteiger partial charge in [-0.25, -0.2) is 0 Å². The van der Waals surface area contributed by atoms with E-state index in [1.165, 1.54) is 26.9 Å². The molecule has 100 valence electrons. The van der Waals surface area contributed by atoms with Crippen LogP contribution < -0.4 is 0 Å². The van der Waals surface area contributed by atoms with Gasteiger partial charge in [-0.3, -0.25) is 0 Å². The van der Waals surface area contributed by atoms with Crippen LogP contribution in [0.1, 0.15) is 5.76 Å². The Hall–Kier alpha value is -2.74. The van der Waals surface area contributed by atoms with Crippen molar-refractivity contribution in [1.29, 1.82) is 0 Å². The van der Waals surface area contributed by atoms with E-state index in [4.69, 9.17) is 8.83 Å². The summed E-state index contributed by atoms with van der Waals surface area (Å²) in [6.45, 7) is 1.99. The molecule has 0 bridgehead atoms. The van der Waals surface area contributed by atoms with Crippen LogP contribution >= 0.6 is 0 Å². The Morgan fingerprint density at radius 1 is 0.619 bits per heavy atom. The van der Waals surface area contributed by atoms with Gasteiger partial charge in [0.25, 0.3) is 0 Å². The number of rotatable bonds is 0. The summed E-state index contributed by atoms with van der Waals surface area (Å²) in [6, 6.07) is 16.9. The van der Waals surface area contributed by atoms with Gasteiger partial charge >= 0.3 is 0 Å². The molecule has 0 atom stereocenters. The first-order chi connectivity index (χ1) is 10.3. The van der Waals surface area contributed by atoms with Gasteiger partial charge in [-0.2, -0.15) is 0 Å². The van der Waals surface area contributed by atoms with Crippen molar-refractivity contribution in [3.05, 3.63) is 60.6 Å². The first kappa shape index (κ1) is 11.0. The Kier molecular flexibility index (Phi) is 1.92. The summed E-state index contributed by atoms with van der Waals surface area (Å²) >= 11 is 0. The van der Waals surface area contributed by atoms with Crippen molar-refractivity contribution in [2.24, 2.45) is 0 Å². The number of aryl methyl sites for hydroxylation is 1. The van der Waals surface area contributed by atoms with Crippen molar-refractivity contribution in [1.82, 2.24) is 0 Å². The predicted molar refractivity (Wildman–Crippen MR) is 85.7 cm³/mol. The van der Waals surface area contributed by atoms with E-state index in [2.05, 4.69) is 36.4 Å². The molecule has 3 aromatic carbocycles. The fraction of sp³-hybridized carbons (Fsp3) is 0.0526. The molecule has 0 fully saturated rings. The van der Waals surface area contributed by atoms with E-state index in [-0.39, 0.29) is 0 Å². The van der Waals surface area contributed by atoms with Crippen LogP contribution in [0, 0.1) is 6.92 Å². The van der Waals surface area contributed by atoms with E-state index in [1.54, 1.807) is 6.26 Å². The molecule has 2 heteroatoms. The second-order valence-corrected chi connectivity index (χ2v) is 5.49. The third-order valence-corrected chi connectivity index (χ3v) is 4.25. The minimum atomic E-state index is 0.932. The molecular weight excluding hydrogens is 260 g/mol. The largest absolute Gasteiger partial charge is 0.464 e. The SMILES string of the molecule is Cc1cc2c(ccc3c2ccc2c4ccoc4ccc23)o1. The van der Waals surface area contributed by atoms with Crippen molar-refractivity contribution in [3.63, 3.8) is 0 Å². The van der Waals surface area contributed by atoms with Crippen LogP contribution in [0.25, 0.3) is 43.5 Å². The maximum absolute atomic E-state index is 5.73. The van der Waals surface area contributed by atoms with Gasteiger partial charge in [0.2, 0.25) is 0 Å². The van der Waals surface area contributed by atoms with Gasteiger partial charge in [-0.1, -0.05) is 24.3 Å². The molecule has 0 N–H and O–H groups in total. The number of benzene rings is 3. The highest BCUT2D eigenvalue weighted by atomic mass is 16.3. The van der Waals surface area contributed by atoms with Crippen molar-refractivity contribution in [2.75, 3.05) is 0 Å². The molecule has 2 heterocycles. The van der Waals surface area contributed by atoms with Crippen molar-refractivity contribution < 1.29 is 8.83 Å². The molecule has 21 heavy (non-hydrogen) atoms. The average Bonchev–Trinajstić information content (AvgIpc) is 3.11. The molecule has 5 rings (SSSR count). The van der Waals surface area contributed by atoms with E-state index in [0.29, 0.717) is 0 Å². The highest BCUT2D eigenvalue weighted by Crippen LogP contribution is 2.35. The Morgan fingerprint density at radius 3 is 2.05 bits per heavy atom. The molecule has 0 saturated heterocycles. The molecule has 2 aromatic heterocycles. The highest BCUT2D eigenvalue weighted by Gasteiger charge is 2.10. The smallest absolute Gasteiger partial charge is 0.134 e. The minimum Gasteiger partial charge on any atom is -0.464 e. The third kappa shape index (κ3) is 1.37. The Balaban J connectivity index is 2.06. The first-order valence-electron chi connectivity index (χ1n) is 7.03. The van der Waals surface area contributed by atoms with Crippen LogP contribution in [-0.4, -0.2) is 0 Å². The van der Waals surface area contributed by atoms with Gasteiger partial charge in [0.15, 0.2) is 0 Å². The van der Waals surface area contributed by atoms with Gasteiger partial charge in [-0.15, -0.1) is 0 Å². The highest BCUT2D eigenvalue weighted by molar-refractivity contribution is 6.21. The van der Waals surface area contributed by atoms with Crippen LogP contribution in [0.2, 0.25) is 0 Å². The molecular formula is C19H12O2. The summed E-state index contributed by atoms with van der Waals surface area (Å²) in [5, 5.41) is 7.32. The van der Waals surface area contributed by atoms with Crippen LogP contribution in [-0.2, 0) is 0 Å². The first-order valence-corrected chi connectivity index (χ1v) is 7.03. The lowest BCUT2D eigenvalue weighted by Crippen LogP contribution is -1.79. The third-order valence-electron chi connectivity index (χ3n) is 4.25. The summed E-state index contributed by atoms with van der Waals surface area (Å²) in [5.41, 5.74) is 1.88. The van der Waals surface area contributed by atoms with E-state index >= 15 is 0 Å². The molecule has 0 aliphatic heterocycles. The standard InChI is InChI=1S/C19H12O2/c1-11-10-17-15-3-2-14-12(13(15)5-7-19(17)21-11)4-6-18-16(14)8-9-20-18/h2-10H,1H3. The van der Waals surface area contributed by atoms with Gasteiger partial charge in [0, 0.05) is 10.8 Å². The number of furan rings is 2. The molecule has 0 unspecified atom stereocenters. The van der Waals surface area contributed by atoms with Crippen LogP contribution in [0.4, 0.5) is 0 Å². The molecule has 5 aromatic rings. The van der Waals surface area contributed by atoms with E-state index in [0.717, 1.165) is 22.3 Å². The second-order valence-electron chi connectivity index (χ2n) is 5.49. The van der Waals surface area contributed by atoms with Crippen LogP contribution in [0.3, 0.4) is 0 Å². The Labute approximate surface area is 120 Å². The second kappa shape index (κ2) is 3.67. The fourth-order valence-corrected chi connectivity index (χ4v) is 3.32. The van der Waals surface area contributed by atoms with Crippen molar-refractivity contribution in [3.8, 4) is 0 Å². The summed E-state index contributed by atoms with van der Waals surface area (Å²) < 4.78 is 11.2. The molecule has 0 radical (unpaired) electrons. The van der Waals surface area contributed by atoms with Crippen LogP contribution in [0.15, 0.2) is 63.6 Å². The zero-order valence-electron chi connectivity index (χ0n) is 11.5. The van der Waals surface area contributed by atoms with Crippen molar-refractivity contribution >= 4 is 43.5 Å². The maximum atomic E-state index is 5.73. The Bertz CT molecular complexity index is 1140. The zero-order chi connectivity index (χ0) is 14.0. The topological polar surface area (TPSA) is 26.3 Å². The van der Waals surface area contributed by atoms with Gasteiger partial charge in [-0.05, 0) is 52.7 Å². The number of fused-ring (bicyclic) bond motifs is 7. The molecule has 0 aliphatic rings. The molecule has 0 amide bonds. The predicted octanol–water partition coefficient (Wildman–Crippen LogP) is 5.79. The summed E-state index contributed by atoms with van der Waals surface area (Å²) in [7, 11) is 0. The van der Waals surface area contributed by atoms with E-state index in [9.17, 15) is 0 Å². The monoisotopic (exact) mass is 272 g/mol. The minimum absolute atomic E-state index is 0.932. The molecule has 0 aliphatic carbocycles. The number of hydrogen-bond acceptors (Lipinski definition) is 2. The lowest BCUT2D eigenvalue weighted by molar-refractivity contribution is 0.579. The van der Waals surface area contributed by atoms with Crippen molar-refractivity contribution in [2.45, 2.75) is 6.92 Å². The van der Waals surface area contributed by atoms with E-state index in [1.807, 2.05) is 19.1 Å². The summed E-state index contributed by atoms with van der Waals surface area (Å²) in [4.78, 5) is 0. The summed E-state index contributed by atoms with van der Waals surface area (Å²) in [6.07, 6.45) is 1.75. The quantitative estimate of drug-likeness (QED) is 0.333. The van der Waals surface area contributed by atoms with Gasteiger partial charge < -0.3 is 8.83 Å². The lowest BCUT2D eigenvalue weighted by Gasteiger charge is -2.05. The Morgan fingerprint density at radius 2 is 1.24 bits per heavy atom. The summed E-state index contributed by atoms with van der Waals surface area (Å²) in [5.74, 6) is 0.947. The van der Waals surface area contributed by atoms with Gasteiger partial charge in [0.1, 0.15) is 16.9 Å². The van der Waals surface area contributed by atoms with E-state index < -0.39 is 0 Å². The maximum Gasteiger partial charge on any atom is 0.134 e. The van der Waals surface area contributed by atoms with Crippen LogP contribution in [0.5, 0.6) is 0 Å². The lowest BCUT2D eigenvalue weighted by atomic mass is 9.98. The fourth-order valence-electron chi connectivity index (χ4n) is 3.32. The number of hydrogen-bond donors (Lipinski definition) is 0. The normalized spacial score (nSPS) is 12.0. The molecule has 0 spiro atoms. The molecule has 0 saturated carbocycles. The molecule has 2 nitrogen and oxygen atoms in total. The zero-order valence-corrected chi connectivity index (χ0v) is 11.5. The average molecular weight is 272 g/mol. The van der Waals surface area contributed by atoms with Gasteiger partial charge in [0.05, 0.1) is 6.26 Å².